The van der Waals surface area contributed by atoms with E-state index in [1.165, 1.54) is 0 Å². The van der Waals surface area contributed by atoms with Crippen LogP contribution in [-0.2, 0) is 14.9 Å². The standard InChI is InChI=1S/C3H7NO4S.Na/c4-3(5)1-2-9(6,7)8;/h1-2H2,(H2,4,5)(H,6,7,8);/q;+1. The molecule has 0 spiro atoms. The second-order valence-electron chi connectivity index (χ2n) is 1.50. The van der Waals surface area contributed by atoms with Gasteiger partial charge in [0.15, 0.2) is 0 Å². The smallest absolute Gasteiger partial charge is 0.370 e. The van der Waals surface area contributed by atoms with Gasteiger partial charge >= 0.3 is 29.6 Å². The second kappa shape index (κ2) is 5.09. The van der Waals surface area contributed by atoms with Crippen LogP contribution in [0.15, 0.2) is 0 Å². The Morgan fingerprint density at radius 1 is 1.50 bits per heavy atom. The molecule has 5 nitrogen and oxygen atoms in total. The molecule has 0 rings (SSSR count). The molecule has 3 N–H and O–H groups in total. The predicted octanol–water partition coefficient (Wildman–Crippen LogP) is -4.25. The van der Waals surface area contributed by atoms with E-state index >= 15 is 0 Å². The Bertz CT molecular complexity index is 199. The number of rotatable bonds is 3. The van der Waals surface area contributed by atoms with Crippen LogP contribution < -0.4 is 35.3 Å². The molecule has 0 saturated carbocycles. The summed E-state index contributed by atoms with van der Waals surface area (Å²) in [5, 5.41) is 0. The van der Waals surface area contributed by atoms with E-state index < -0.39 is 21.8 Å². The summed E-state index contributed by atoms with van der Waals surface area (Å²) < 4.78 is 27.8. The van der Waals surface area contributed by atoms with E-state index in [1.807, 2.05) is 0 Å². The topological polar surface area (TPSA) is 97.5 Å². The minimum atomic E-state index is -4.02. The predicted molar refractivity (Wildman–Crippen MR) is 30.2 cm³/mol. The summed E-state index contributed by atoms with van der Waals surface area (Å²) in [7, 11) is -4.02. The molecule has 0 heterocycles. The zero-order valence-corrected chi connectivity index (χ0v) is 8.39. The summed E-state index contributed by atoms with van der Waals surface area (Å²) in [5.41, 5.74) is 4.59. The normalized spacial score (nSPS) is 10.1. The molecule has 0 aromatic rings. The van der Waals surface area contributed by atoms with E-state index in [-0.39, 0.29) is 36.0 Å². The molecule has 0 bridgehead atoms. The van der Waals surface area contributed by atoms with Gasteiger partial charge in [-0.25, -0.2) is 0 Å². The first-order chi connectivity index (χ1) is 3.92. The Hall–Kier alpha value is 0.380. The van der Waals surface area contributed by atoms with Crippen molar-refractivity contribution < 1.29 is 47.3 Å². The van der Waals surface area contributed by atoms with Crippen LogP contribution in [0.25, 0.3) is 0 Å². The van der Waals surface area contributed by atoms with E-state index in [2.05, 4.69) is 5.73 Å². The molecule has 0 fully saturated rings. The van der Waals surface area contributed by atoms with Crippen LogP contribution in [-0.4, -0.2) is 24.6 Å². The molecule has 1 amide bonds. The van der Waals surface area contributed by atoms with Gasteiger partial charge in [0.05, 0.1) is 5.75 Å². The third-order valence-electron chi connectivity index (χ3n) is 0.606. The summed E-state index contributed by atoms with van der Waals surface area (Å²) in [6, 6.07) is 0. The molecule has 0 unspecified atom stereocenters. The molecule has 0 saturated heterocycles. The van der Waals surface area contributed by atoms with Crippen LogP contribution in [0.5, 0.6) is 0 Å². The van der Waals surface area contributed by atoms with E-state index in [0.29, 0.717) is 0 Å². The van der Waals surface area contributed by atoms with Crippen molar-refractivity contribution in [1.82, 2.24) is 0 Å². The molecule has 0 radical (unpaired) electrons. The molecule has 54 valence electrons. The van der Waals surface area contributed by atoms with Gasteiger partial charge in [-0.05, 0) is 0 Å². The summed E-state index contributed by atoms with van der Waals surface area (Å²) in [4.78, 5) is 9.89. The van der Waals surface area contributed by atoms with Crippen molar-refractivity contribution >= 4 is 16.0 Å². The van der Waals surface area contributed by atoms with Gasteiger partial charge in [0.25, 0.3) is 10.1 Å². The van der Waals surface area contributed by atoms with Gasteiger partial charge in [0, 0.05) is 6.42 Å². The largest absolute Gasteiger partial charge is 1.00 e. The second-order valence-corrected chi connectivity index (χ2v) is 3.07. The Kier molecular flexibility index (Phi) is 6.61. The number of nitrogens with two attached hydrogens (primary N) is 1. The molecule has 0 aromatic heterocycles. The third kappa shape index (κ3) is 11.2. The maximum absolute atomic E-state index is 9.89. The summed E-state index contributed by atoms with van der Waals surface area (Å²) in [6.45, 7) is 0. The number of amides is 1. The van der Waals surface area contributed by atoms with E-state index in [1.54, 1.807) is 0 Å². The fraction of sp³-hybridized carbons (Fsp3) is 0.667. The van der Waals surface area contributed by atoms with Crippen LogP contribution in [0.1, 0.15) is 6.42 Å². The minimum absolute atomic E-state index is 0. The van der Waals surface area contributed by atoms with Gasteiger partial charge in [-0.15, -0.1) is 0 Å². The van der Waals surface area contributed by atoms with Crippen molar-refractivity contribution in [2.24, 2.45) is 5.73 Å². The number of hydrogen-bond donors (Lipinski definition) is 2. The molecule has 0 aliphatic rings. The van der Waals surface area contributed by atoms with E-state index in [0.717, 1.165) is 0 Å². The maximum atomic E-state index is 9.89. The van der Waals surface area contributed by atoms with Crippen molar-refractivity contribution in [3.05, 3.63) is 0 Å². The van der Waals surface area contributed by atoms with Crippen LogP contribution >= 0.6 is 0 Å². The average molecular weight is 176 g/mol. The molecule has 7 heteroatoms. The van der Waals surface area contributed by atoms with Gasteiger partial charge in [-0.2, -0.15) is 8.42 Å². The first-order valence-electron chi connectivity index (χ1n) is 2.15. The van der Waals surface area contributed by atoms with Crippen molar-refractivity contribution in [1.29, 1.82) is 0 Å². The Morgan fingerprint density at radius 2 is 1.90 bits per heavy atom. The van der Waals surface area contributed by atoms with Gasteiger partial charge in [-0.3, -0.25) is 9.35 Å². The molecule has 0 aromatic carbocycles. The van der Waals surface area contributed by atoms with Crippen LogP contribution in [0.2, 0.25) is 0 Å². The van der Waals surface area contributed by atoms with Crippen LogP contribution in [0, 0.1) is 0 Å². The van der Waals surface area contributed by atoms with E-state index in [4.69, 9.17) is 4.55 Å². The quantitative estimate of drug-likeness (QED) is 0.336. The summed E-state index contributed by atoms with van der Waals surface area (Å²) in [6.07, 6.45) is -0.334. The third-order valence-corrected chi connectivity index (χ3v) is 1.33. The van der Waals surface area contributed by atoms with E-state index in [9.17, 15) is 13.2 Å². The van der Waals surface area contributed by atoms with Crippen LogP contribution in [0.3, 0.4) is 0 Å². The Morgan fingerprint density at radius 3 is 2.00 bits per heavy atom. The van der Waals surface area contributed by atoms with Gasteiger partial charge in [0.2, 0.25) is 5.91 Å². The molecule has 10 heavy (non-hydrogen) atoms. The maximum Gasteiger partial charge on any atom is 1.00 e. The Balaban J connectivity index is 0. The summed E-state index contributed by atoms with van der Waals surface area (Å²) in [5.74, 6) is -1.34. The van der Waals surface area contributed by atoms with Crippen molar-refractivity contribution in [2.75, 3.05) is 5.75 Å². The SMILES string of the molecule is NC(=O)CCS(=O)(=O)O.[Na+]. The number of primary amides is 1. The molecule has 0 aliphatic carbocycles. The number of hydrogen-bond acceptors (Lipinski definition) is 3. The molecule has 0 aliphatic heterocycles. The molecular weight excluding hydrogens is 169 g/mol. The zero-order chi connectivity index (χ0) is 7.49. The number of carbonyl (C=O) groups is 1. The fourth-order valence-electron chi connectivity index (χ4n) is 0.230. The van der Waals surface area contributed by atoms with Gasteiger partial charge < -0.3 is 5.73 Å². The first kappa shape index (κ1) is 13.0. The molecule has 0 atom stereocenters. The van der Waals surface area contributed by atoms with Crippen LogP contribution in [0.4, 0.5) is 0 Å². The number of carbonyl (C=O) groups excluding carboxylic acids is 1. The van der Waals surface area contributed by atoms with Gasteiger partial charge in [0.1, 0.15) is 0 Å². The molecular formula is C3H7NNaO4S+. The Labute approximate surface area is 81.0 Å². The van der Waals surface area contributed by atoms with Crippen molar-refractivity contribution in [3.8, 4) is 0 Å². The minimum Gasteiger partial charge on any atom is -0.370 e. The fourth-order valence-corrected chi connectivity index (χ4v) is 0.689. The van der Waals surface area contributed by atoms with Crippen molar-refractivity contribution in [3.63, 3.8) is 0 Å². The van der Waals surface area contributed by atoms with Crippen molar-refractivity contribution in [2.45, 2.75) is 6.42 Å². The average Bonchev–Trinajstić information content (AvgIpc) is 1.59. The van der Waals surface area contributed by atoms with Gasteiger partial charge in [-0.1, -0.05) is 0 Å². The zero-order valence-electron chi connectivity index (χ0n) is 5.57. The monoisotopic (exact) mass is 176 g/mol. The first-order valence-corrected chi connectivity index (χ1v) is 3.76. The summed E-state index contributed by atoms with van der Waals surface area (Å²) >= 11 is 0.